The molecule has 0 unspecified atom stereocenters. The van der Waals surface area contributed by atoms with E-state index < -0.39 is 24.8 Å². The maximum atomic E-state index is 14.8. The Kier molecular flexibility index (Phi) is 10.4. The fourth-order valence-electron chi connectivity index (χ4n) is 5.84. The normalized spacial score (nSPS) is 20.0. The number of methoxy groups -OCH3 is 1. The number of thiophene rings is 1. The highest BCUT2D eigenvalue weighted by Crippen LogP contribution is 2.39. The van der Waals surface area contributed by atoms with Gasteiger partial charge in [-0.2, -0.15) is 13.2 Å². The van der Waals surface area contributed by atoms with Crippen LogP contribution in [0.25, 0.3) is 10.1 Å². The van der Waals surface area contributed by atoms with Crippen molar-refractivity contribution in [1.29, 1.82) is 0 Å². The van der Waals surface area contributed by atoms with Gasteiger partial charge in [0, 0.05) is 24.7 Å². The molecular weight excluding hydrogens is 606 g/mol. The number of alkyl halides is 4. The molecule has 2 aromatic carbocycles. The van der Waals surface area contributed by atoms with E-state index in [0.29, 0.717) is 50.6 Å². The second-order valence-corrected chi connectivity index (χ2v) is 12.8. The van der Waals surface area contributed by atoms with E-state index in [0.717, 1.165) is 32.5 Å². The molecule has 7 nitrogen and oxygen atoms in total. The van der Waals surface area contributed by atoms with E-state index in [2.05, 4.69) is 39.7 Å². The molecule has 2 saturated heterocycles. The van der Waals surface area contributed by atoms with Crippen LogP contribution in [0.4, 0.5) is 28.9 Å². The Hall–Kier alpha value is -3.53. The Morgan fingerprint density at radius 3 is 2.53 bits per heavy atom. The molecule has 0 bridgehead atoms. The zero-order valence-electron chi connectivity index (χ0n) is 25.7. The topological polar surface area (TPSA) is 68.9 Å². The molecule has 0 spiro atoms. The molecule has 3 heterocycles. The predicted octanol–water partition coefficient (Wildman–Crippen LogP) is 5.76. The number of anilines is 2. The number of hydrogen-bond acceptors (Lipinski definition) is 7. The first-order valence-corrected chi connectivity index (χ1v) is 15.9. The lowest BCUT2D eigenvalue weighted by atomic mass is 10.0. The van der Waals surface area contributed by atoms with Gasteiger partial charge in [-0.3, -0.25) is 4.79 Å². The minimum absolute atomic E-state index is 0.122. The van der Waals surface area contributed by atoms with Gasteiger partial charge in [-0.25, -0.2) is 4.39 Å². The van der Waals surface area contributed by atoms with Gasteiger partial charge in [0.15, 0.2) is 0 Å². The number of likely N-dealkylation sites (tertiary alicyclic amines) is 2. The van der Waals surface area contributed by atoms with Crippen molar-refractivity contribution in [2.24, 2.45) is 0 Å². The summed E-state index contributed by atoms with van der Waals surface area (Å²) in [7, 11) is 5.44. The number of nitrogens with zero attached hydrogens (tertiary/aromatic N) is 2. The van der Waals surface area contributed by atoms with Gasteiger partial charge in [-0.15, -0.1) is 11.3 Å². The van der Waals surface area contributed by atoms with Crippen LogP contribution in [0, 0.1) is 11.8 Å². The zero-order chi connectivity index (χ0) is 32.1. The summed E-state index contributed by atoms with van der Waals surface area (Å²) in [5.74, 6) is 6.20. The number of piperidine rings is 2. The van der Waals surface area contributed by atoms with Crippen LogP contribution in [0.15, 0.2) is 36.4 Å². The molecule has 2 atom stereocenters. The molecule has 1 aromatic heterocycles. The third-order valence-electron chi connectivity index (χ3n) is 8.37. The number of carbonyl (C=O) groups is 1. The van der Waals surface area contributed by atoms with Crippen LogP contribution in [0.3, 0.4) is 0 Å². The molecule has 0 radical (unpaired) electrons. The van der Waals surface area contributed by atoms with Crippen molar-refractivity contribution in [1.82, 2.24) is 15.1 Å². The summed E-state index contributed by atoms with van der Waals surface area (Å²) < 4.78 is 61.8. The van der Waals surface area contributed by atoms with E-state index in [4.69, 9.17) is 4.74 Å². The number of hydrogen-bond donors (Lipinski definition) is 3. The number of fused-ring (bicyclic) bond motifs is 1. The first kappa shape index (κ1) is 32.9. The maximum Gasteiger partial charge on any atom is 0.393 e. The molecule has 2 fully saturated rings. The number of benzene rings is 2. The standard InChI is InChI=1S/C33H39F4N5O2S/c1-41-15-11-22(12-16-41)39-32(43)21-9-10-27(29(18-21)44-3)38-14-5-8-30-24(19-33(35,36)37)23-6-4-7-28(31(23)45-30)40-26-13-17-42(2)20-25(26)34/h4,6-7,9-10,18,22,25-26,38,40H,11-17,19-20H2,1-3H3,(H,39,43)/t25-,26+/m0/s1. The maximum absolute atomic E-state index is 14.8. The van der Waals surface area contributed by atoms with Crippen molar-refractivity contribution >= 4 is 38.7 Å². The second-order valence-electron chi connectivity index (χ2n) is 11.8. The molecular formula is C33H39F4N5O2S. The number of carbonyl (C=O) groups excluding carboxylic acids is 1. The highest BCUT2D eigenvalue weighted by Gasteiger charge is 2.32. The predicted molar refractivity (Wildman–Crippen MR) is 172 cm³/mol. The van der Waals surface area contributed by atoms with Crippen molar-refractivity contribution in [3.8, 4) is 17.6 Å². The largest absolute Gasteiger partial charge is 0.495 e. The summed E-state index contributed by atoms with van der Waals surface area (Å²) in [5, 5.41) is 9.97. The molecule has 3 N–H and O–H groups in total. The molecule has 1 amide bonds. The Morgan fingerprint density at radius 2 is 1.82 bits per heavy atom. The SMILES string of the molecule is COc1cc(C(=O)NC2CCN(C)CC2)ccc1NCC#Cc1sc2c(N[C@@H]3CCN(C)C[C@@H]3F)cccc2c1CC(F)(F)F. The Labute approximate surface area is 265 Å². The summed E-state index contributed by atoms with van der Waals surface area (Å²) in [6.07, 6.45) is -4.21. The van der Waals surface area contributed by atoms with Crippen molar-refractivity contribution in [3.05, 3.63) is 52.4 Å². The van der Waals surface area contributed by atoms with E-state index in [-0.39, 0.29) is 24.1 Å². The quantitative estimate of drug-likeness (QED) is 0.214. The van der Waals surface area contributed by atoms with Crippen LogP contribution < -0.4 is 20.7 Å². The number of halogens is 4. The molecule has 12 heteroatoms. The van der Waals surface area contributed by atoms with Crippen molar-refractivity contribution < 1.29 is 27.1 Å². The summed E-state index contributed by atoms with van der Waals surface area (Å²) in [6, 6.07) is 9.96. The fourth-order valence-corrected chi connectivity index (χ4v) is 7.01. The molecule has 2 aliphatic rings. The minimum Gasteiger partial charge on any atom is -0.495 e. The smallest absolute Gasteiger partial charge is 0.393 e. The van der Waals surface area contributed by atoms with E-state index in [9.17, 15) is 22.4 Å². The van der Waals surface area contributed by atoms with Crippen LogP contribution in [0.1, 0.15) is 40.1 Å². The van der Waals surface area contributed by atoms with Crippen LogP contribution in [-0.4, -0.2) is 94.1 Å². The van der Waals surface area contributed by atoms with Crippen molar-refractivity contribution in [3.63, 3.8) is 0 Å². The molecule has 2 aliphatic heterocycles. The summed E-state index contributed by atoms with van der Waals surface area (Å²) in [5.41, 5.74) is 1.83. The van der Waals surface area contributed by atoms with Crippen LogP contribution >= 0.6 is 11.3 Å². The van der Waals surface area contributed by atoms with Gasteiger partial charge in [0.25, 0.3) is 5.91 Å². The molecule has 5 rings (SSSR count). The third kappa shape index (κ3) is 8.39. The summed E-state index contributed by atoms with van der Waals surface area (Å²) >= 11 is 1.19. The lowest BCUT2D eigenvalue weighted by molar-refractivity contribution is -0.126. The fraction of sp³-hybridized carbons (Fsp3) is 0.485. The number of ether oxygens (including phenoxy) is 1. The lowest BCUT2D eigenvalue weighted by Crippen LogP contribution is -2.46. The van der Waals surface area contributed by atoms with Gasteiger partial charge in [0.05, 0.1) is 47.1 Å². The average molecular weight is 646 g/mol. The second kappa shape index (κ2) is 14.3. The highest BCUT2D eigenvalue weighted by atomic mass is 32.1. The Bertz CT molecular complexity index is 1560. The van der Waals surface area contributed by atoms with Crippen molar-refractivity contribution in [2.75, 3.05) is 64.6 Å². The van der Waals surface area contributed by atoms with Gasteiger partial charge in [0.2, 0.25) is 0 Å². The molecule has 3 aromatic rings. The molecule has 242 valence electrons. The number of amides is 1. The number of nitrogens with one attached hydrogen (secondary N) is 3. The molecule has 0 saturated carbocycles. The van der Waals surface area contributed by atoms with E-state index in [1.165, 1.54) is 18.4 Å². The summed E-state index contributed by atoms with van der Waals surface area (Å²) in [4.78, 5) is 17.3. The van der Waals surface area contributed by atoms with Crippen LogP contribution in [0.2, 0.25) is 0 Å². The van der Waals surface area contributed by atoms with Crippen LogP contribution in [-0.2, 0) is 6.42 Å². The first-order chi connectivity index (χ1) is 21.5. The van der Waals surface area contributed by atoms with Crippen molar-refractivity contribution in [2.45, 2.75) is 50.1 Å². The lowest BCUT2D eigenvalue weighted by Gasteiger charge is -2.33. The molecule has 45 heavy (non-hydrogen) atoms. The van der Waals surface area contributed by atoms with Crippen LogP contribution in [0.5, 0.6) is 5.75 Å². The van der Waals surface area contributed by atoms with E-state index >= 15 is 0 Å². The van der Waals surface area contributed by atoms with E-state index in [1.807, 2.05) is 11.9 Å². The molecule has 0 aliphatic carbocycles. The average Bonchev–Trinajstić information content (AvgIpc) is 3.34. The zero-order valence-corrected chi connectivity index (χ0v) is 26.5. The van der Waals surface area contributed by atoms with Gasteiger partial charge >= 0.3 is 6.18 Å². The summed E-state index contributed by atoms with van der Waals surface area (Å²) in [6.45, 7) is 3.06. The third-order valence-corrected chi connectivity index (χ3v) is 9.56. The monoisotopic (exact) mass is 645 g/mol. The number of rotatable bonds is 8. The Balaban J connectivity index is 1.31. The first-order valence-electron chi connectivity index (χ1n) is 15.1. The van der Waals surface area contributed by atoms with Gasteiger partial charge in [-0.05, 0) is 81.7 Å². The van der Waals surface area contributed by atoms with E-state index in [1.54, 1.807) is 36.4 Å². The Morgan fingerprint density at radius 1 is 1.07 bits per heavy atom. The van der Waals surface area contributed by atoms with Gasteiger partial charge in [-0.1, -0.05) is 24.0 Å². The van der Waals surface area contributed by atoms with Gasteiger partial charge < -0.3 is 30.5 Å². The minimum atomic E-state index is -4.42. The van der Waals surface area contributed by atoms with Gasteiger partial charge in [0.1, 0.15) is 11.9 Å². The highest BCUT2D eigenvalue weighted by molar-refractivity contribution is 7.20.